The van der Waals surface area contributed by atoms with E-state index in [0.29, 0.717) is 6.42 Å². The summed E-state index contributed by atoms with van der Waals surface area (Å²) in [7, 11) is 0. The lowest BCUT2D eigenvalue weighted by Gasteiger charge is -2.14. The van der Waals surface area contributed by atoms with Gasteiger partial charge in [-0.3, -0.25) is 5.10 Å². The Morgan fingerprint density at radius 3 is 2.95 bits per heavy atom. The van der Waals surface area contributed by atoms with E-state index in [1.54, 1.807) is 6.07 Å². The molecule has 1 aromatic carbocycles. The van der Waals surface area contributed by atoms with Crippen LogP contribution in [0.4, 0.5) is 4.39 Å². The number of aromatic nitrogens is 3. The fraction of sp³-hybridized carbons (Fsp3) is 0.429. The van der Waals surface area contributed by atoms with E-state index < -0.39 is 0 Å². The van der Waals surface area contributed by atoms with E-state index in [2.05, 4.69) is 27.4 Å². The number of hydrogen-bond acceptors (Lipinski definition) is 3. The van der Waals surface area contributed by atoms with Gasteiger partial charge in [0.1, 0.15) is 18.0 Å². The maximum atomic E-state index is 13.5. The Balaban J connectivity index is 1.67. The van der Waals surface area contributed by atoms with Gasteiger partial charge in [-0.1, -0.05) is 18.2 Å². The number of nitrogens with one attached hydrogen (secondary N) is 2. The van der Waals surface area contributed by atoms with Gasteiger partial charge < -0.3 is 5.32 Å². The van der Waals surface area contributed by atoms with Crippen molar-refractivity contribution >= 4 is 0 Å². The second-order valence-corrected chi connectivity index (χ2v) is 4.69. The Morgan fingerprint density at radius 1 is 1.37 bits per heavy atom. The molecule has 1 heterocycles. The number of aromatic amines is 1. The summed E-state index contributed by atoms with van der Waals surface area (Å²) in [5.41, 5.74) is 0.762. The van der Waals surface area contributed by atoms with Crippen molar-refractivity contribution in [2.45, 2.75) is 32.2 Å². The molecule has 0 saturated carbocycles. The van der Waals surface area contributed by atoms with Crippen molar-refractivity contribution in [3.8, 4) is 0 Å². The summed E-state index contributed by atoms with van der Waals surface area (Å²) in [5, 5.41) is 10.0. The molecular formula is C14H19FN4. The molecule has 4 nitrogen and oxygen atoms in total. The van der Waals surface area contributed by atoms with E-state index in [1.807, 2.05) is 12.1 Å². The van der Waals surface area contributed by atoms with Crippen LogP contribution >= 0.6 is 0 Å². The average molecular weight is 262 g/mol. The number of hydrogen-bond donors (Lipinski definition) is 2. The number of benzene rings is 1. The van der Waals surface area contributed by atoms with E-state index in [4.69, 9.17) is 0 Å². The topological polar surface area (TPSA) is 53.6 Å². The predicted octanol–water partition coefficient (Wildman–Crippen LogP) is 2.10. The SMILES string of the molecule is CC(Cc1ccccc1F)NCCCc1ncn[nH]1. The van der Waals surface area contributed by atoms with Crippen LogP contribution in [0.25, 0.3) is 0 Å². The number of nitrogens with zero attached hydrogens (tertiary/aromatic N) is 2. The Morgan fingerprint density at radius 2 is 2.21 bits per heavy atom. The minimum atomic E-state index is -0.127. The number of halogens is 1. The van der Waals surface area contributed by atoms with E-state index >= 15 is 0 Å². The zero-order valence-corrected chi connectivity index (χ0v) is 11.1. The molecule has 0 radical (unpaired) electrons. The molecule has 5 heteroatoms. The van der Waals surface area contributed by atoms with Crippen LogP contribution < -0.4 is 5.32 Å². The van der Waals surface area contributed by atoms with Crippen molar-refractivity contribution in [1.82, 2.24) is 20.5 Å². The fourth-order valence-electron chi connectivity index (χ4n) is 2.02. The van der Waals surface area contributed by atoms with Gasteiger partial charge in [-0.25, -0.2) is 9.37 Å². The van der Waals surface area contributed by atoms with Crippen molar-refractivity contribution in [3.05, 3.63) is 47.8 Å². The monoisotopic (exact) mass is 262 g/mol. The molecule has 0 spiro atoms. The highest BCUT2D eigenvalue weighted by Gasteiger charge is 2.06. The molecule has 2 rings (SSSR count). The van der Waals surface area contributed by atoms with Crippen LogP contribution in [0, 0.1) is 5.82 Å². The lowest BCUT2D eigenvalue weighted by molar-refractivity contribution is 0.516. The smallest absolute Gasteiger partial charge is 0.137 e. The van der Waals surface area contributed by atoms with Crippen LogP contribution in [0.3, 0.4) is 0 Å². The van der Waals surface area contributed by atoms with Gasteiger partial charge >= 0.3 is 0 Å². The molecule has 0 aliphatic carbocycles. The number of H-pyrrole nitrogens is 1. The van der Waals surface area contributed by atoms with Crippen molar-refractivity contribution in [1.29, 1.82) is 0 Å². The summed E-state index contributed by atoms with van der Waals surface area (Å²) in [6.07, 6.45) is 4.08. The lowest BCUT2D eigenvalue weighted by Crippen LogP contribution is -2.29. The van der Waals surface area contributed by atoms with E-state index in [1.165, 1.54) is 12.4 Å². The third-order valence-corrected chi connectivity index (χ3v) is 3.03. The first-order valence-corrected chi connectivity index (χ1v) is 6.56. The third kappa shape index (κ3) is 4.44. The second kappa shape index (κ2) is 6.99. The molecule has 0 bridgehead atoms. The zero-order valence-electron chi connectivity index (χ0n) is 11.1. The molecule has 0 aliphatic rings. The van der Waals surface area contributed by atoms with Crippen molar-refractivity contribution in [3.63, 3.8) is 0 Å². The molecule has 102 valence electrons. The number of aryl methyl sites for hydroxylation is 1. The molecule has 2 N–H and O–H groups in total. The van der Waals surface area contributed by atoms with Crippen LogP contribution in [0.15, 0.2) is 30.6 Å². The standard InChI is InChI=1S/C14H19FN4/c1-11(9-12-5-2-3-6-13(12)15)16-8-4-7-14-17-10-18-19-14/h2-3,5-6,10-11,16H,4,7-9H2,1H3,(H,17,18,19). The highest BCUT2D eigenvalue weighted by molar-refractivity contribution is 5.18. The van der Waals surface area contributed by atoms with Gasteiger partial charge in [0.05, 0.1) is 0 Å². The van der Waals surface area contributed by atoms with Gasteiger partial charge in [0.25, 0.3) is 0 Å². The highest BCUT2D eigenvalue weighted by atomic mass is 19.1. The van der Waals surface area contributed by atoms with Crippen molar-refractivity contribution in [2.24, 2.45) is 0 Å². The Hall–Kier alpha value is -1.75. The molecule has 0 aliphatic heterocycles. The number of rotatable bonds is 7. The largest absolute Gasteiger partial charge is 0.314 e. The molecule has 2 aromatic rings. The fourth-order valence-corrected chi connectivity index (χ4v) is 2.02. The molecule has 19 heavy (non-hydrogen) atoms. The van der Waals surface area contributed by atoms with Crippen LogP contribution in [0.1, 0.15) is 24.7 Å². The normalized spacial score (nSPS) is 12.5. The highest BCUT2D eigenvalue weighted by Crippen LogP contribution is 2.08. The van der Waals surface area contributed by atoms with Crippen LogP contribution in [-0.4, -0.2) is 27.8 Å². The summed E-state index contributed by atoms with van der Waals surface area (Å²) >= 11 is 0. The maximum absolute atomic E-state index is 13.5. The van der Waals surface area contributed by atoms with E-state index in [9.17, 15) is 4.39 Å². The summed E-state index contributed by atoms with van der Waals surface area (Å²) in [4.78, 5) is 4.07. The van der Waals surface area contributed by atoms with Crippen LogP contribution in [0.5, 0.6) is 0 Å². The molecular weight excluding hydrogens is 243 g/mol. The molecule has 0 fully saturated rings. The first kappa shape index (κ1) is 13.7. The Bertz CT molecular complexity index is 484. The minimum Gasteiger partial charge on any atom is -0.314 e. The first-order chi connectivity index (χ1) is 9.25. The molecule has 1 aromatic heterocycles. The Kier molecular flexibility index (Phi) is 5.03. The van der Waals surface area contributed by atoms with E-state index in [0.717, 1.165) is 30.8 Å². The second-order valence-electron chi connectivity index (χ2n) is 4.69. The average Bonchev–Trinajstić information content (AvgIpc) is 2.91. The van der Waals surface area contributed by atoms with E-state index in [-0.39, 0.29) is 11.9 Å². The van der Waals surface area contributed by atoms with Gasteiger partial charge in [-0.2, -0.15) is 5.10 Å². The van der Waals surface area contributed by atoms with Gasteiger partial charge in [-0.15, -0.1) is 0 Å². The first-order valence-electron chi connectivity index (χ1n) is 6.56. The molecule has 1 unspecified atom stereocenters. The van der Waals surface area contributed by atoms with Crippen LogP contribution in [-0.2, 0) is 12.8 Å². The lowest BCUT2D eigenvalue weighted by atomic mass is 10.1. The summed E-state index contributed by atoms with van der Waals surface area (Å²) < 4.78 is 13.5. The summed E-state index contributed by atoms with van der Waals surface area (Å²) in [6, 6.07) is 7.18. The third-order valence-electron chi connectivity index (χ3n) is 3.03. The maximum Gasteiger partial charge on any atom is 0.137 e. The summed E-state index contributed by atoms with van der Waals surface area (Å²) in [6.45, 7) is 2.96. The van der Waals surface area contributed by atoms with Gasteiger partial charge in [0, 0.05) is 12.5 Å². The van der Waals surface area contributed by atoms with Gasteiger partial charge in [0.2, 0.25) is 0 Å². The zero-order chi connectivity index (χ0) is 13.5. The quantitative estimate of drug-likeness (QED) is 0.751. The molecule has 0 saturated heterocycles. The minimum absolute atomic E-state index is 0.127. The van der Waals surface area contributed by atoms with Gasteiger partial charge in [-0.05, 0) is 37.9 Å². The van der Waals surface area contributed by atoms with Crippen molar-refractivity contribution < 1.29 is 4.39 Å². The van der Waals surface area contributed by atoms with Crippen LogP contribution in [0.2, 0.25) is 0 Å². The Labute approximate surface area is 112 Å². The summed E-state index contributed by atoms with van der Waals surface area (Å²) in [5.74, 6) is 0.779. The molecule has 0 amide bonds. The van der Waals surface area contributed by atoms with Crippen molar-refractivity contribution in [2.75, 3.05) is 6.54 Å². The molecule has 1 atom stereocenters. The van der Waals surface area contributed by atoms with Gasteiger partial charge in [0.15, 0.2) is 0 Å². The predicted molar refractivity (Wildman–Crippen MR) is 72.3 cm³/mol.